The van der Waals surface area contributed by atoms with E-state index in [4.69, 9.17) is 0 Å². The van der Waals surface area contributed by atoms with E-state index < -0.39 is 0 Å². The smallest absolute Gasteiger partial charge is 0.117 e. The zero-order valence-electron chi connectivity index (χ0n) is 8.08. The van der Waals surface area contributed by atoms with Gasteiger partial charge in [0.05, 0.1) is 0 Å². The van der Waals surface area contributed by atoms with Crippen molar-refractivity contribution < 1.29 is 5.11 Å². The molecule has 0 aliphatic carbocycles. The molecule has 0 aliphatic rings. The van der Waals surface area contributed by atoms with Crippen LogP contribution in [0.3, 0.4) is 0 Å². The number of aromatic hydroxyl groups is 1. The van der Waals surface area contributed by atoms with Crippen molar-refractivity contribution in [3.63, 3.8) is 0 Å². The molecule has 74 valence electrons. The van der Waals surface area contributed by atoms with Crippen LogP contribution in [0.15, 0.2) is 23.6 Å². The maximum absolute atomic E-state index is 9.31. The van der Waals surface area contributed by atoms with Gasteiger partial charge in [0.15, 0.2) is 0 Å². The normalized spacial score (nSPS) is 10.9. The second-order valence-corrected chi connectivity index (χ2v) is 4.13. The Hall–Kier alpha value is -1.06. The average molecular weight is 207 g/mol. The largest absolute Gasteiger partial charge is 0.508 e. The second-order valence-electron chi connectivity index (χ2n) is 3.22. The number of nitrogens with one attached hydrogen (secondary N) is 1. The fourth-order valence-electron chi connectivity index (χ4n) is 1.47. The lowest BCUT2D eigenvalue weighted by molar-refractivity contribution is 0.476. The summed E-state index contributed by atoms with van der Waals surface area (Å²) in [5.41, 5.74) is 1.31. The van der Waals surface area contributed by atoms with Gasteiger partial charge in [0.1, 0.15) is 5.75 Å². The van der Waals surface area contributed by atoms with Crippen LogP contribution >= 0.6 is 11.3 Å². The van der Waals surface area contributed by atoms with Gasteiger partial charge in [0.2, 0.25) is 0 Å². The monoisotopic (exact) mass is 207 g/mol. The van der Waals surface area contributed by atoms with E-state index in [-0.39, 0.29) is 0 Å². The average Bonchev–Trinajstić information content (AvgIpc) is 2.57. The van der Waals surface area contributed by atoms with E-state index in [1.807, 2.05) is 12.1 Å². The van der Waals surface area contributed by atoms with Crippen LogP contribution in [0.25, 0.3) is 10.1 Å². The van der Waals surface area contributed by atoms with Crippen molar-refractivity contribution >= 4 is 21.4 Å². The zero-order chi connectivity index (χ0) is 9.97. The van der Waals surface area contributed by atoms with E-state index >= 15 is 0 Å². The molecule has 3 heteroatoms. The van der Waals surface area contributed by atoms with Gasteiger partial charge < -0.3 is 10.4 Å². The molecule has 0 aliphatic heterocycles. The van der Waals surface area contributed by atoms with Crippen molar-refractivity contribution in [3.05, 3.63) is 29.1 Å². The second kappa shape index (κ2) is 3.98. The first-order valence-electron chi connectivity index (χ1n) is 4.71. The molecule has 2 rings (SSSR count). The fraction of sp³-hybridized carbons (Fsp3) is 0.273. The number of hydrogen-bond donors (Lipinski definition) is 2. The summed E-state index contributed by atoms with van der Waals surface area (Å²) in [7, 11) is 0. The lowest BCUT2D eigenvalue weighted by Crippen LogP contribution is -2.10. The van der Waals surface area contributed by atoms with E-state index in [9.17, 15) is 5.11 Å². The predicted octanol–water partition coefficient (Wildman–Crippen LogP) is 2.72. The van der Waals surface area contributed by atoms with Crippen LogP contribution in [0.5, 0.6) is 5.75 Å². The Morgan fingerprint density at radius 1 is 1.43 bits per heavy atom. The van der Waals surface area contributed by atoms with Gasteiger partial charge in [0.25, 0.3) is 0 Å². The van der Waals surface area contributed by atoms with Gasteiger partial charge in [-0.3, -0.25) is 0 Å². The van der Waals surface area contributed by atoms with Crippen molar-refractivity contribution in [1.82, 2.24) is 5.32 Å². The number of phenols is 1. The molecule has 0 spiro atoms. The minimum atomic E-state index is 0.342. The van der Waals surface area contributed by atoms with Crippen LogP contribution in [-0.4, -0.2) is 11.7 Å². The molecule has 2 N–H and O–H groups in total. The third-order valence-electron chi connectivity index (χ3n) is 2.20. The standard InChI is InChI=1S/C11H13NOS/c1-2-12-6-8-7-14-11-5-9(13)3-4-10(8)11/h3-5,7,12-13H,2,6H2,1H3. The summed E-state index contributed by atoms with van der Waals surface area (Å²) in [6.07, 6.45) is 0. The van der Waals surface area contributed by atoms with E-state index in [0.717, 1.165) is 17.8 Å². The summed E-state index contributed by atoms with van der Waals surface area (Å²) in [5.74, 6) is 0.342. The Balaban J connectivity index is 2.37. The molecule has 2 nitrogen and oxygen atoms in total. The summed E-state index contributed by atoms with van der Waals surface area (Å²) in [4.78, 5) is 0. The molecule has 14 heavy (non-hydrogen) atoms. The minimum Gasteiger partial charge on any atom is -0.508 e. The van der Waals surface area contributed by atoms with Crippen molar-refractivity contribution in [2.75, 3.05) is 6.54 Å². The predicted molar refractivity (Wildman–Crippen MR) is 60.9 cm³/mol. The third-order valence-corrected chi connectivity index (χ3v) is 3.20. The summed E-state index contributed by atoms with van der Waals surface area (Å²) in [6, 6.07) is 5.54. The topological polar surface area (TPSA) is 32.3 Å². The maximum Gasteiger partial charge on any atom is 0.117 e. The highest BCUT2D eigenvalue weighted by Gasteiger charge is 2.03. The van der Waals surface area contributed by atoms with Gasteiger partial charge in [-0.25, -0.2) is 0 Å². The van der Waals surface area contributed by atoms with Crippen LogP contribution in [0, 0.1) is 0 Å². The number of hydrogen-bond acceptors (Lipinski definition) is 3. The highest BCUT2D eigenvalue weighted by atomic mass is 32.1. The molecule has 1 heterocycles. The molecule has 0 atom stereocenters. The van der Waals surface area contributed by atoms with Crippen LogP contribution in [0.2, 0.25) is 0 Å². The quantitative estimate of drug-likeness (QED) is 0.811. The molecule has 1 aromatic heterocycles. The molecule has 0 saturated carbocycles. The lowest BCUT2D eigenvalue weighted by Gasteiger charge is -1.99. The van der Waals surface area contributed by atoms with Gasteiger partial charge in [-0.05, 0) is 41.1 Å². The summed E-state index contributed by atoms with van der Waals surface area (Å²) in [6.45, 7) is 3.98. The number of thiophene rings is 1. The third kappa shape index (κ3) is 1.74. The first-order valence-corrected chi connectivity index (χ1v) is 5.59. The van der Waals surface area contributed by atoms with Crippen molar-refractivity contribution in [1.29, 1.82) is 0 Å². The van der Waals surface area contributed by atoms with Crippen LogP contribution in [0.1, 0.15) is 12.5 Å². The van der Waals surface area contributed by atoms with Gasteiger partial charge in [-0.15, -0.1) is 11.3 Å². The maximum atomic E-state index is 9.31. The molecule has 0 amide bonds. The Labute approximate surface area is 87.2 Å². The fourth-order valence-corrected chi connectivity index (χ4v) is 2.46. The van der Waals surface area contributed by atoms with Gasteiger partial charge in [0, 0.05) is 11.2 Å². The number of rotatable bonds is 3. The summed E-state index contributed by atoms with van der Waals surface area (Å²) >= 11 is 1.68. The van der Waals surface area contributed by atoms with E-state index in [2.05, 4.69) is 17.6 Å². The van der Waals surface area contributed by atoms with Crippen LogP contribution < -0.4 is 5.32 Å². The van der Waals surface area contributed by atoms with Crippen molar-refractivity contribution in [3.8, 4) is 5.75 Å². The molecule has 0 saturated heterocycles. The number of benzene rings is 1. The first kappa shape index (κ1) is 9.49. The van der Waals surface area contributed by atoms with Gasteiger partial charge in [-0.1, -0.05) is 6.92 Å². The molecule has 0 fully saturated rings. The Bertz CT molecular complexity index is 436. The lowest BCUT2D eigenvalue weighted by atomic mass is 10.2. The number of fused-ring (bicyclic) bond motifs is 1. The van der Waals surface area contributed by atoms with Crippen molar-refractivity contribution in [2.45, 2.75) is 13.5 Å². The molecule has 0 radical (unpaired) electrons. The van der Waals surface area contributed by atoms with E-state index in [1.165, 1.54) is 10.9 Å². The van der Waals surface area contributed by atoms with Gasteiger partial charge >= 0.3 is 0 Å². The molecule has 0 unspecified atom stereocenters. The molecule has 1 aromatic carbocycles. The summed E-state index contributed by atoms with van der Waals surface area (Å²) in [5, 5.41) is 16.0. The molecular weight excluding hydrogens is 194 g/mol. The molecular formula is C11H13NOS. The van der Waals surface area contributed by atoms with E-state index in [0.29, 0.717) is 5.75 Å². The van der Waals surface area contributed by atoms with Crippen LogP contribution in [-0.2, 0) is 6.54 Å². The van der Waals surface area contributed by atoms with E-state index in [1.54, 1.807) is 17.4 Å². The Morgan fingerprint density at radius 3 is 3.07 bits per heavy atom. The minimum absolute atomic E-state index is 0.342. The highest BCUT2D eigenvalue weighted by molar-refractivity contribution is 7.17. The first-order chi connectivity index (χ1) is 6.81. The summed E-state index contributed by atoms with van der Waals surface area (Å²) < 4.78 is 1.15. The zero-order valence-corrected chi connectivity index (χ0v) is 8.90. The highest BCUT2D eigenvalue weighted by Crippen LogP contribution is 2.28. The Kier molecular flexibility index (Phi) is 2.70. The SMILES string of the molecule is CCNCc1csc2cc(O)ccc12. The van der Waals surface area contributed by atoms with Crippen molar-refractivity contribution in [2.24, 2.45) is 0 Å². The van der Waals surface area contributed by atoms with Gasteiger partial charge in [-0.2, -0.15) is 0 Å². The van der Waals surface area contributed by atoms with Crippen LogP contribution in [0.4, 0.5) is 0 Å². The Morgan fingerprint density at radius 2 is 2.29 bits per heavy atom. The molecule has 2 aromatic rings. The number of phenolic OH excluding ortho intramolecular Hbond substituents is 1. The molecule has 0 bridgehead atoms.